The molecule has 0 saturated carbocycles. The van der Waals surface area contributed by atoms with Gasteiger partial charge < -0.3 is 42.3 Å². The van der Waals surface area contributed by atoms with Gasteiger partial charge in [-0.3, -0.25) is 28.9 Å². The Balaban J connectivity index is 1.67. The van der Waals surface area contributed by atoms with E-state index in [2.05, 4.69) is 10.0 Å². The van der Waals surface area contributed by atoms with Gasteiger partial charge in [0, 0.05) is 25.7 Å². The lowest BCUT2D eigenvalue weighted by Gasteiger charge is -2.54. The van der Waals surface area contributed by atoms with Crippen LogP contribution >= 0.6 is 0 Å². The van der Waals surface area contributed by atoms with Crippen molar-refractivity contribution in [1.29, 1.82) is 0 Å². The molecule has 0 radical (unpaired) electrons. The Morgan fingerprint density at radius 1 is 0.944 bits per heavy atom. The molecule has 0 spiro atoms. The van der Waals surface area contributed by atoms with Crippen LogP contribution in [0.3, 0.4) is 0 Å². The van der Waals surface area contributed by atoms with Crippen molar-refractivity contribution in [2.24, 2.45) is 5.11 Å². The fourth-order valence-corrected chi connectivity index (χ4v) is 7.75. The largest absolute Gasteiger partial charge is 0.463 e. The topological polar surface area (TPSA) is 220 Å². The van der Waals surface area contributed by atoms with E-state index in [4.69, 9.17) is 42.3 Å². The molecule has 2 amide bonds. The number of carbonyl (C=O) groups excluding carboxylic acids is 5. The normalized spacial score (nSPS) is 32.1. The summed E-state index contributed by atoms with van der Waals surface area (Å²) in [5.41, 5.74) is 10.0. The number of rotatable bonds is 10. The number of hydrogen-bond acceptors (Lipinski definition) is 15. The number of hydrogen-bond donors (Lipinski definition) is 0. The van der Waals surface area contributed by atoms with Crippen molar-refractivity contribution < 1.29 is 66.3 Å². The maximum absolute atomic E-state index is 14.1. The van der Waals surface area contributed by atoms with E-state index in [1.807, 2.05) is 33.9 Å². The SMILES string of the molecule is CC(=O)OC[C@H]1O[C@@H](O[C@@H]2[C@@H](N=[N+]=[N-])[C@H](O[Si](C)(C)C(C)(C)C)O[C@@H]3COC(C)(C)O[C@@H]23)[C@H](N2C(=O)c3ccccc3C2=O)[C@@H](OC(C)=O)[C@@H]1OC(C)=O. The summed E-state index contributed by atoms with van der Waals surface area (Å²) in [5, 5.41) is 3.78. The maximum Gasteiger partial charge on any atom is 0.303 e. The van der Waals surface area contributed by atoms with Crippen molar-refractivity contribution in [3.8, 4) is 0 Å². The summed E-state index contributed by atoms with van der Waals surface area (Å²) in [5.74, 6) is -5.10. The Morgan fingerprint density at radius 3 is 2.07 bits per heavy atom. The van der Waals surface area contributed by atoms with Gasteiger partial charge in [-0.05, 0) is 49.6 Å². The minimum absolute atomic E-state index is 0.0188. The second-order valence-corrected chi connectivity index (χ2v) is 20.3. The number of imide groups is 1. The molecule has 296 valence electrons. The van der Waals surface area contributed by atoms with Crippen LogP contribution in [0.1, 0.15) is 76.1 Å². The van der Waals surface area contributed by atoms with Crippen LogP contribution in [0.25, 0.3) is 10.4 Å². The third kappa shape index (κ3) is 8.47. The van der Waals surface area contributed by atoms with Crippen LogP contribution in [-0.2, 0) is 56.7 Å². The van der Waals surface area contributed by atoms with E-state index < -0.39 is 112 Å². The third-order valence-electron chi connectivity index (χ3n) is 10.1. The summed E-state index contributed by atoms with van der Waals surface area (Å²) in [4.78, 5) is 69.5. The van der Waals surface area contributed by atoms with Crippen molar-refractivity contribution in [2.75, 3.05) is 13.2 Å². The minimum Gasteiger partial charge on any atom is -0.463 e. The monoisotopic (exact) mass is 776 g/mol. The lowest BCUT2D eigenvalue weighted by atomic mass is 9.93. The quantitative estimate of drug-likeness (QED) is 0.0628. The maximum atomic E-state index is 14.1. The first-order valence-electron chi connectivity index (χ1n) is 17.6. The Morgan fingerprint density at radius 2 is 1.54 bits per heavy atom. The van der Waals surface area contributed by atoms with Gasteiger partial charge in [-0.2, -0.15) is 0 Å². The Labute approximate surface area is 313 Å². The van der Waals surface area contributed by atoms with Gasteiger partial charge >= 0.3 is 17.9 Å². The van der Waals surface area contributed by atoms with Crippen molar-refractivity contribution in [3.05, 3.63) is 45.8 Å². The molecule has 10 atom stereocenters. The molecule has 3 fully saturated rings. The second kappa shape index (κ2) is 15.7. The molecule has 54 heavy (non-hydrogen) atoms. The van der Waals surface area contributed by atoms with Gasteiger partial charge in [0.25, 0.3) is 11.8 Å². The molecule has 4 aliphatic heterocycles. The molecule has 5 rings (SSSR count). The lowest BCUT2D eigenvalue weighted by molar-refractivity contribution is -0.383. The van der Waals surface area contributed by atoms with E-state index in [-0.39, 0.29) is 22.8 Å². The smallest absolute Gasteiger partial charge is 0.303 e. The fraction of sp³-hybridized carbons (Fsp3) is 0.686. The summed E-state index contributed by atoms with van der Waals surface area (Å²) in [6.45, 7) is 16.3. The molecule has 1 aromatic carbocycles. The molecule has 4 aliphatic rings. The fourth-order valence-electron chi connectivity index (χ4n) is 6.62. The Bertz CT molecular complexity index is 1660. The van der Waals surface area contributed by atoms with E-state index >= 15 is 0 Å². The molecule has 0 bridgehead atoms. The van der Waals surface area contributed by atoms with E-state index in [0.29, 0.717) is 0 Å². The summed E-state index contributed by atoms with van der Waals surface area (Å²) in [7, 11) is -2.63. The predicted octanol–water partition coefficient (Wildman–Crippen LogP) is 3.76. The van der Waals surface area contributed by atoms with Gasteiger partial charge in [-0.1, -0.05) is 38.0 Å². The number of fused-ring (bicyclic) bond motifs is 2. The van der Waals surface area contributed by atoms with E-state index in [1.165, 1.54) is 12.1 Å². The van der Waals surface area contributed by atoms with Crippen molar-refractivity contribution in [2.45, 2.75) is 141 Å². The van der Waals surface area contributed by atoms with Crippen LogP contribution in [0, 0.1) is 0 Å². The zero-order valence-corrected chi connectivity index (χ0v) is 33.0. The second-order valence-electron chi connectivity index (χ2n) is 15.5. The highest BCUT2D eigenvalue weighted by atomic mass is 28.4. The van der Waals surface area contributed by atoms with Crippen LogP contribution < -0.4 is 0 Å². The highest BCUT2D eigenvalue weighted by molar-refractivity contribution is 6.74. The number of carbonyl (C=O) groups is 5. The van der Waals surface area contributed by atoms with Gasteiger partial charge in [0.2, 0.25) is 0 Å². The van der Waals surface area contributed by atoms with Crippen LogP contribution in [0.5, 0.6) is 0 Å². The molecule has 0 aliphatic carbocycles. The average Bonchev–Trinajstić information content (AvgIpc) is 3.30. The molecular weight excluding hydrogens is 728 g/mol. The van der Waals surface area contributed by atoms with Crippen LogP contribution in [0.2, 0.25) is 18.1 Å². The number of esters is 3. The van der Waals surface area contributed by atoms with Crippen molar-refractivity contribution >= 4 is 38.0 Å². The summed E-state index contributed by atoms with van der Waals surface area (Å²) >= 11 is 0. The first-order valence-corrected chi connectivity index (χ1v) is 20.5. The molecule has 4 heterocycles. The Kier molecular flexibility index (Phi) is 12.0. The van der Waals surface area contributed by atoms with E-state index in [9.17, 15) is 29.5 Å². The van der Waals surface area contributed by atoms with Gasteiger partial charge in [0.15, 0.2) is 38.9 Å². The molecule has 3 saturated heterocycles. The summed E-state index contributed by atoms with van der Waals surface area (Å²) < 4.78 is 55.2. The first-order chi connectivity index (χ1) is 25.2. The number of amides is 2. The molecule has 0 unspecified atom stereocenters. The number of nitrogens with zero attached hydrogens (tertiary/aromatic N) is 4. The first kappa shape index (κ1) is 41.2. The molecule has 0 N–H and O–H groups in total. The minimum atomic E-state index is -2.63. The standard InChI is InChI=1S/C35H48N4O14Si/c1-17(40)45-15-22-26(47-18(2)41)29(48-19(3)42)25(39-30(43)20-13-11-12-14-21(20)31(39)44)33(50-22)51-28-24(37-38-36)32(53-54(9,10)34(4,5)6)49-23-16-46-35(7,8)52-27(23)28/h11-14,22-29,32-33H,15-16H2,1-10H3/t22-,23-,24-,25-,26-,27-,28-,29-,32+,33+/m1/s1. The van der Waals surface area contributed by atoms with Crippen molar-refractivity contribution in [3.63, 3.8) is 0 Å². The molecular formula is C35H48N4O14Si. The van der Waals surface area contributed by atoms with Gasteiger partial charge in [-0.25, -0.2) is 0 Å². The van der Waals surface area contributed by atoms with Crippen molar-refractivity contribution in [1.82, 2.24) is 4.90 Å². The summed E-state index contributed by atoms with van der Waals surface area (Å²) in [6.07, 6.45) is -10.5. The summed E-state index contributed by atoms with van der Waals surface area (Å²) in [6, 6.07) is 3.21. The third-order valence-corrected chi connectivity index (χ3v) is 14.6. The predicted molar refractivity (Wildman–Crippen MR) is 187 cm³/mol. The Hall–Kier alpha value is -3.94. The number of benzene rings is 1. The van der Waals surface area contributed by atoms with Gasteiger partial charge in [0.1, 0.15) is 43.1 Å². The van der Waals surface area contributed by atoms with Crippen LogP contribution in [-0.4, -0.2) is 123 Å². The van der Waals surface area contributed by atoms with E-state index in [0.717, 1.165) is 25.7 Å². The van der Waals surface area contributed by atoms with E-state index in [1.54, 1.807) is 26.0 Å². The lowest BCUT2D eigenvalue weighted by Crippen LogP contribution is -2.71. The average molecular weight is 777 g/mol. The number of ether oxygens (including phenoxy) is 8. The van der Waals surface area contributed by atoms with Crippen LogP contribution in [0.15, 0.2) is 29.4 Å². The highest BCUT2D eigenvalue weighted by Crippen LogP contribution is 2.43. The molecule has 19 heteroatoms. The molecule has 1 aromatic rings. The highest BCUT2D eigenvalue weighted by Gasteiger charge is 2.61. The molecule has 0 aromatic heterocycles. The van der Waals surface area contributed by atoms with Gasteiger partial charge in [-0.15, -0.1) is 0 Å². The van der Waals surface area contributed by atoms with Gasteiger partial charge in [0.05, 0.1) is 17.7 Å². The zero-order chi connectivity index (χ0) is 39.9. The zero-order valence-electron chi connectivity index (χ0n) is 32.0. The molecule has 18 nitrogen and oxygen atoms in total. The van der Waals surface area contributed by atoms with Crippen LogP contribution in [0.4, 0.5) is 0 Å². The number of azide groups is 1.